The highest BCUT2D eigenvalue weighted by Crippen LogP contribution is 2.26. The molecule has 1 saturated heterocycles. The van der Waals surface area contributed by atoms with Crippen molar-refractivity contribution in [3.8, 4) is 0 Å². The zero-order valence-electron chi connectivity index (χ0n) is 10.1. The molecule has 1 heterocycles. The van der Waals surface area contributed by atoms with E-state index < -0.39 is 5.41 Å². The third-order valence-electron chi connectivity index (χ3n) is 3.41. The number of carbonyl (C=O) groups excluding carboxylic acids is 1. The number of ether oxygens (including phenoxy) is 1. The highest BCUT2D eigenvalue weighted by Gasteiger charge is 2.40. The van der Waals surface area contributed by atoms with Gasteiger partial charge in [-0.2, -0.15) is 0 Å². The molecule has 2 unspecified atom stereocenters. The molecule has 3 N–H and O–H groups in total. The van der Waals surface area contributed by atoms with Crippen LogP contribution in [0.1, 0.15) is 34.1 Å². The van der Waals surface area contributed by atoms with Crippen molar-refractivity contribution >= 4 is 5.91 Å². The van der Waals surface area contributed by atoms with Gasteiger partial charge in [0.2, 0.25) is 5.91 Å². The standard InChI is InChI=1S/C11H22N2O2/c1-8-11(4,5-6-15-8)13-9(14)10(2,3)7-12/h8H,5-7,12H2,1-4H3,(H,13,14). The van der Waals surface area contributed by atoms with E-state index in [9.17, 15) is 4.79 Å². The lowest BCUT2D eigenvalue weighted by atomic mass is 9.88. The third-order valence-corrected chi connectivity index (χ3v) is 3.41. The quantitative estimate of drug-likeness (QED) is 0.725. The van der Waals surface area contributed by atoms with Crippen LogP contribution >= 0.6 is 0 Å². The minimum atomic E-state index is -0.509. The van der Waals surface area contributed by atoms with E-state index in [2.05, 4.69) is 5.32 Å². The Labute approximate surface area is 91.5 Å². The second kappa shape index (κ2) is 4.10. The summed E-state index contributed by atoms with van der Waals surface area (Å²) in [5.74, 6) is 0.00449. The van der Waals surface area contributed by atoms with Crippen LogP contribution in [-0.4, -0.2) is 30.7 Å². The van der Waals surface area contributed by atoms with Gasteiger partial charge in [0.15, 0.2) is 0 Å². The summed E-state index contributed by atoms with van der Waals surface area (Å²) >= 11 is 0. The number of hydrogen-bond acceptors (Lipinski definition) is 3. The first-order chi connectivity index (χ1) is 6.82. The molecule has 1 fully saturated rings. The molecule has 0 aromatic heterocycles. The van der Waals surface area contributed by atoms with Gasteiger partial charge in [-0.05, 0) is 34.1 Å². The minimum absolute atomic E-state index is 0.00449. The number of nitrogens with two attached hydrogens (primary N) is 1. The Morgan fingerprint density at radius 1 is 1.67 bits per heavy atom. The molecule has 0 saturated carbocycles. The maximum Gasteiger partial charge on any atom is 0.227 e. The topological polar surface area (TPSA) is 64.3 Å². The second-order valence-corrected chi connectivity index (χ2v) is 5.22. The molecule has 1 aliphatic heterocycles. The molecule has 1 aliphatic rings. The van der Waals surface area contributed by atoms with Gasteiger partial charge in [-0.15, -0.1) is 0 Å². The molecule has 88 valence electrons. The van der Waals surface area contributed by atoms with Gasteiger partial charge in [-0.25, -0.2) is 0 Å². The summed E-state index contributed by atoms with van der Waals surface area (Å²) in [5.41, 5.74) is 4.81. The lowest BCUT2D eigenvalue weighted by Gasteiger charge is -2.33. The monoisotopic (exact) mass is 214 g/mol. The maximum absolute atomic E-state index is 12.0. The summed E-state index contributed by atoms with van der Waals surface area (Å²) in [7, 11) is 0. The first-order valence-corrected chi connectivity index (χ1v) is 5.46. The highest BCUT2D eigenvalue weighted by molar-refractivity contribution is 5.82. The van der Waals surface area contributed by atoms with Gasteiger partial charge in [-0.1, -0.05) is 0 Å². The van der Waals surface area contributed by atoms with Gasteiger partial charge in [0.05, 0.1) is 17.1 Å². The molecule has 0 aromatic carbocycles. The molecule has 4 nitrogen and oxygen atoms in total. The molecule has 2 atom stereocenters. The minimum Gasteiger partial charge on any atom is -0.376 e. The van der Waals surface area contributed by atoms with E-state index in [1.54, 1.807) is 0 Å². The summed E-state index contributed by atoms with van der Waals surface area (Å²) in [5, 5.41) is 3.05. The van der Waals surface area contributed by atoms with Crippen molar-refractivity contribution < 1.29 is 9.53 Å². The Hall–Kier alpha value is -0.610. The van der Waals surface area contributed by atoms with Crippen LogP contribution in [0.3, 0.4) is 0 Å². The number of amides is 1. The van der Waals surface area contributed by atoms with E-state index in [1.165, 1.54) is 0 Å². The third kappa shape index (κ3) is 2.49. The molecular formula is C11H22N2O2. The van der Waals surface area contributed by atoms with Crippen molar-refractivity contribution in [1.29, 1.82) is 0 Å². The summed E-state index contributed by atoms with van der Waals surface area (Å²) in [6.45, 7) is 8.78. The van der Waals surface area contributed by atoms with Crippen molar-refractivity contribution in [2.45, 2.75) is 45.8 Å². The number of rotatable bonds is 3. The average molecular weight is 214 g/mol. The summed E-state index contributed by atoms with van der Waals surface area (Å²) < 4.78 is 5.47. The Bertz CT molecular complexity index is 253. The van der Waals surface area contributed by atoms with Gasteiger partial charge in [0, 0.05) is 13.2 Å². The van der Waals surface area contributed by atoms with Gasteiger partial charge in [0.1, 0.15) is 0 Å². The fraction of sp³-hybridized carbons (Fsp3) is 0.909. The van der Waals surface area contributed by atoms with Crippen LogP contribution in [0.2, 0.25) is 0 Å². The highest BCUT2D eigenvalue weighted by atomic mass is 16.5. The maximum atomic E-state index is 12.0. The molecule has 1 rings (SSSR count). The van der Waals surface area contributed by atoms with Crippen LogP contribution in [-0.2, 0) is 9.53 Å². The molecule has 0 spiro atoms. The largest absolute Gasteiger partial charge is 0.376 e. The lowest BCUT2D eigenvalue weighted by molar-refractivity contribution is -0.131. The van der Waals surface area contributed by atoms with Crippen molar-refractivity contribution in [1.82, 2.24) is 5.32 Å². The van der Waals surface area contributed by atoms with Gasteiger partial charge >= 0.3 is 0 Å². The first kappa shape index (κ1) is 12.5. The van der Waals surface area contributed by atoms with Crippen LogP contribution in [0.25, 0.3) is 0 Å². The normalized spacial score (nSPS) is 31.7. The van der Waals surface area contributed by atoms with E-state index in [-0.39, 0.29) is 17.6 Å². The predicted octanol–water partition coefficient (Wildman–Crippen LogP) is 0.655. The number of carbonyl (C=O) groups is 1. The van der Waals surface area contributed by atoms with Gasteiger partial charge < -0.3 is 15.8 Å². The van der Waals surface area contributed by atoms with Crippen LogP contribution in [0.15, 0.2) is 0 Å². The van der Waals surface area contributed by atoms with Gasteiger partial charge in [-0.3, -0.25) is 4.79 Å². The van der Waals surface area contributed by atoms with Crippen LogP contribution in [0, 0.1) is 5.41 Å². The summed E-state index contributed by atoms with van der Waals surface area (Å²) in [6, 6.07) is 0. The zero-order chi connectivity index (χ0) is 11.7. The van der Waals surface area contributed by atoms with Crippen molar-refractivity contribution in [3.05, 3.63) is 0 Å². The zero-order valence-corrected chi connectivity index (χ0v) is 10.1. The second-order valence-electron chi connectivity index (χ2n) is 5.22. The van der Waals surface area contributed by atoms with E-state index in [0.717, 1.165) is 6.42 Å². The molecule has 0 aliphatic carbocycles. The van der Waals surface area contributed by atoms with E-state index >= 15 is 0 Å². The molecule has 0 aromatic rings. The van der Waals surface area contributed by atoms with Crippen LogP contribution < -0.4 is 11.1 Å². The molecule has 0 radical (unpaired) electrons. The summed E-state index contributed by atoms with van der Waals surface area (Å²) in [6.07, 6.45) is 0.927. The Morgan fingerprint density at radius 2 is 2.27 bits per heavy atom. The molecule has 4 heteroatoms. The average Bonchev–Trinajstić information content (AvgIpc) is 2.47. The van der Waals surface area contributed by atoms with Crippen molar-refractivity contribution in [2.24, 2.45) is 11.1 Å². The first-order valence-electron chi connectivity index (χ1n) is 5.46. The Kier molecular flexibility index (Phi) is 3.41. The summed E-state index contributed by atoms with van der Waals surface area (Å²) in [4.78, 5) is 12.0. The van der Waals surface area contributed by atoms with Crippen molar-refractivity contribution in [2.75, 3.05) is 13.2 Å². The smallest absolute Gasteiger partial charge is 0.227 e. The molecule has 1 amide bonds. The Morgan fingerprint density at radius 3 is 2.67 bits per heavy atom. The van der Waals surface area contributed by atoms with Gasteiger partial charge in [0.25, 0.3) is 0 Å². The fourth-order valence-corrected chi connectivity index (χ4v) is 1.52. The van der Waals surface area contributed by atoms with E-state index in [4.69, 9.17) is 10.5 Å². The van der Waals surface area contributed by atoms with E-state index in [1.807, 2.05) is 27.7 Å². The predicted molar refractivity (Wildman–Crippen MR) is 59.4 cm³/mol. The molecule has 0 bridgehead atoms. The van der Waals surface area contributed by atoms with Crippen molar-refractivity contribution in [3.63, 3.8) is 0 Å². The van der Waals surface area contributed by atoms with Crippen LogP contribution in [0.4, 0.5) is 0 Å². The number of hydrogen-bond donors (Lipinski definition) is 2. The number of nitrogens with one attached hydrogen (secondary N) is 1. The lowest BCUT2D eigenvalue weighted by Crippen LogP contribution is -2.55. The molecule has 15 heavy (non-hydrogen) atoms. The SMILES string of the molecule is CC1OCCC1(C)NC(=O)C(C)(C)CN. The Balaban J connectivity index is 2.65. The molecular weight excluding hydrogens is 192 g/mol. The van der Waals surface area contributed by atoms with Crippen LogP contribution in [0.5, 0.6) is 0 Å². The van der Waals surface area contributed by atoms with E-state index in [0.29, 0.717) is 13.2 Å². The fourth-order valence-electron chi connectivity index (χ4n) is 1.52.